The highest BCUT2D eigenvalue weighted by atomic mass is 16.6. The summed E-state index contributed by atoms with van der Waals surface area (Å²) in [5.41, 5.74) is 0. The maximum absolute atomic E-state index is 12.8. The van der Waals surface area contributed by atoms with Crippen molar-refractivity contribution in [1.82, 2.24) is 0 Å². The Morgan fingerprint density at radius 3 is 0.907 bits per heavy atom. The molecule has 1 unspecified atom stereocenters. The van der Waals surface area contributed by atoms with E-state index in [-0.39, 0.29) is 37.5 Å². The Bertz CT molecular complexity index is 1620. The number of ether oxygens (including phenoxy) is 3. The minimum absolute atomic E-state index is 0.103. The van der Waals surface area contributed by atoms with E-state index in [1.54, 1.807) is 0 Å². The predicted octanol–water partition coefficient (Wildman–Crippen LogP) is 21.0. The largest absolute Gasteiger partial charge is 0.462 e. The molecule has 6 heteroatoms. The van der Waals surface area contributed by atoms with E-state index >= 15 is 0 Å². The molecular weight excluding hydrogens is 925 g/mol. The monoisotopic (exact) mass is 1040 g/mol. The normalized spacial score (nSPS) is 13.1. The first kappa shape index (κ1) is 70.5. The van der Waals surface area contributed by atoms with Crippen LogP contribution in [0.3, 0.4) is 0 Å². The molecule has 0 fully saturated rings. The van der Waals surface area contributed by atoms with Crippen molar-refractivity contribution < 1.29 is 28.6 Å². The topological polar surface area (TPSA) is 78.9 Å². The van der Waals surface area contributed by atoms with Crippen LogP contribution in [-0.4, -0.2) is 37.2 Å². The number of rotatable bonds is 54. The maximum Gasteiger partial charge on any atom is 0.306 e. The molecule has 0 amide bonds. The summed E-state index contributed by atoms with van der Waals surface area (Å²) in [5, 5.41) is 0. The Balaban J connectivity index is 4.44. The molecule has 0 heterocycles. The molecule has 0 rings (SSSR count). The first-order chi connectivity index (χ1) is 37.0. The second-order valence-electron chi connectivity index (χ2n) is 19.9. The van der Waals surface area contributed by atoms with Gasteiger partial charge in [-0.3, -0.25) is 14.4 Å². The van der Waals surface area contributed by atoms with Gasteiger partial charge in [0, 0.05) is 19.3 Å². The molecule has 0 aromatic carbocycles. The SMILES string of the molecule is CC/C=C\C/C=C\C/C=C\C/C=C\C/C=C\C/C=C\C/C=C\C/C=C\C/C=C\CCCC(=O)OCC(COC(=O)CCCCCCCCCCCCCCCC)OC(=O)CCCCCCC/C=C\C/C=C\CCCC. The number of carbonyl (C=O) groups excluding carboxylic acids is 3. The minimum atomic E-state index is -0.812. The van der Waals surface area contributed by atoms with Crippen LogP contribution >= 0.6 is 0 Å². The second-order valence-corrected chi connectivity index (χ2v) is 19.9. The molecule has 75 heavy (non-hydrogen) atoms. The maximum atomic E-state index is 12.8. The average Bonchev–Trinajstić information content (AvgIpc) is 3.41. The first-order valence-corrected chi connectivity index (χ1v) is 30.7. The van der Waals surface area contributed by atoms with Crippen molar-refractivity contribution in [2.45, 2.75) is 271 Å². The van der Waals surface area contributed by atoms with Crippen LogP contribution in [0.4, 0.5) is 0 Å². The van der Waals surface area contributed by atoms with Gasteiger partial charge in [0.15, 0.2) is 6.10 Å². The lowest BCUT2D eigenvalue weighted by atomic mass is 10.0. The molecule has 0 spiro atoms. The second kappa shape index (κ2) is 62.1. The van der Waals surface area contributed by atoms with Gasteiger partial charge in [-0.15, -0.1) is 0 Å². The van der Waals surface area contributed by atoms with Crippen LogP contribution in [0.15, 0.2) is 134 Å². The van der Waals surface area contributed by atoms with E-state index in [0.717, 1.165) is 128 Å². The number of hydrogen-bond acceptors (Lipinski definition) is 6. The third-order valence-electron chi connectivity index (χ3n) is 12.6. The molecule has 424 valence electrons. The van der Waals surface area contributed by atoms with Crippen LogP contribution in [0.25, 0.3) is 0 Å². The van der Waals surface area contributed by atoms with Crippen LogP contribution in [0.1, 0.15) is 265 Å². The van der Waals surface area contributed by atoms with Crippen LogP contribution in [0, 0.1) is 0 Å². The zero-order valence-electron chi connectivity index (χ0n) is 48.5. The Labute approximate surface area is 462 Å². The average molecular weight is 1040 g/mol. The zero-order valence-corrected chi connectivity index (χ0v) is 48.5. The summed E-state index contributed by atoms with van der Waals surface area (Å²) in [7, 11) is 0. The molecule has 0 bridgehead atoms. The van der Waals surface area contributed by atoms with Gasteiger partial charge in [-0.2, -0.15) is 0 Å². The van der Waals surface area contributed by atoms with Crippen LogP contribution < -0.4 is 0 Å². The van der Waals surface area contributed by atoms with Crippen LogP contribution in [0.5, 0.6) is 0 Å². The lowest BCUT2D eigenvalue weighted by Crippen LogP contribution is -2.30. The van der Waals surface area contributed by atoms with Gasteiger partial charge in [0.2, 0.25) is 0 Å². The summed E-state index contributed by atoms with van der Waals surface area (Å²) < 4.78 is 16.8. The van der Waals surface area contributed by atoms with Gasteiger partial charge in [0.05, 0.1) is 0 Å². The van der Waals surface area contributed by atoms with E-state index in [4.69, 9.17) is 14.2 Å². The molecule has 0 saturated carbocycles. The Hall–Kier alpha value is -4.45. The minimum Gasteiger partial charge on any atom is -0.462 e. The highest BCUT2D eigenvalue weighted by molar-refractivity contribution is 5.71. The number of hydrogen-bond donors (Lipinski definition) is 0. The van der Waals surface area contributed by atoms with Gasteiger partial charge in [-0.05, 0) is 109 Å². The lowest BCUT2D eigenvalue weighted by molar-refractivity contribution is -0.167. The number of carbonyl (C=O) groups is 3. The summed E-state index contributed by atoms with van der Waals surface area (Å²) in [5.74, 6) is -0.980. The smallest absolute Gasteiger partial charge is 0.306 e. The summed E-state index contributed by atoms with van der Waals surface area (Å²) in [6.45, 7) is 6.43. The Morgan fingerprint density at radius 1 is 0.280 bits per heavy atom. The summed E-state index contributed by atoms with van der Waals surface area (Å²) in [6.07, 6.45) is 87.4. The van der Waals surface area contributed by atoms with Crippen molar-refractivity contribution in [3.05, 3.63) is 134 Å². The summed E-state index contributed by atoms with van der Waals surface area (Å²) >= 11 is 0. The van der Waals surface area contributed by atoms with Crippen molar-refractivity contribution in [2.75, 3.05) is 13.2 Å². The molecule has 0 aliphatic heterocycles. The molecule has 0 radical (unpaired) electrons. The van der Waals surface area contributed by atoms with Gasteiger partial charge in [-0.25, -0.2) is 0 Å². The highest BCUT2D eigenvalue weighted by Gasteiger charge is 2.19. The fourth-order valence-corrected chi connectivity index (χ4v) is 8.05. The van der Waals surface area contributed by atoms with Crippen LogP contribution in [0.2, 0.25) is 0 Å². The van der Waals surface area contributed by atoms with Crippen molar-refractivity contribution in [3.63, 3.8) is 0 Å². The lowest BCUT2D eigenvalue weighted by Gasteiger charge is -2.18. The van der Waals surface area contributed by atoms with Crippen molar-refractivity contribution in [1.29, 1.82) is 0 Å². The van der Waals surface area contributed by atoms with E-state index < -0.39 is 6.10 Å². The molecule has 0 N–H and O–H groups in total. The van der Waals surface area contributed by atoms with Gasteiger partial charge in [0.25, 0.3) is 0 Å². The van der Waals surface area contributed by atoms with E-state index in [2.05, 4.69) is 154 Å². The predicted molar refractivity (Wildman–Crippen MR) is 325 cm³/mol. The van der Waals surface area contributed by atoms with E-state index in [1.165, 1.54) is 89.9 Å². The standard InChI is InChI=1S/C69H112O6/c1-4-7-10-13-16-19-22-25-28-29-30-31-32-33-34-35-36-37-38-39-40-41-42-45-47-50-53-56-59-62-68(71)74-65-66(75-69(72)63-60-57-54-51-48-44-27-24-21-18-15-12-9-6-3)64-73-67(70)61-58-55-52-49-46-43-26-23-20-17-14-11-8-5-2/h7,10,15-16,18-19,24-25,27-28,30-31,33-34,36-37,39-40,42,45,50,53,66H,4-6,8-9,11-14,17,20-23,26,29,32,35,38,41,43-44,46-49,51-52,54-65H2,1-3H3/b10-7-,18-15-,19-16-,27-24-,28-25-,31-30-,34-33-,37-36-,40-39-,45-42-,53-50-. The summed E-state index contributed by atoms with van der Waals surface area (Å²) in [4.78, 5) is 38.2. The van der Waals surface area contributed by atoms with Gasteiger partial charge in [-0.1, -0.05) is 270 Å². The molecule has 0 aliphatic carbocycles. The molecule has 6 nitrogen and oxygen atoms in total. The van der Waals surface area contributed by atoms with Crippen LogP contribution in [-0.2, 0) is 28.6 Å². The van der Waals surface area contributed by atoms with E-state index in [1.807, 2.05) is 0 Å². The van der Waals surface area contributed by atoms with E-state index in [0.29, 0.717) is 19.3 Å². The van der Waals surface area contributed by atoms with Gasteiger partial charge < -0.3 is 14.2 Å². The van der Waals surface area contributed by atoms with Crippen molar-refractivity contribution >= 4 is 17.9 Å². The third-order valence-corrected chi connectivity index (χ3v) is 12.6. The number of unbranched alkanes of at least 4 members (excludes halogenated alkanes) is 21. The number of esters is 3. The highest BCUT2D eigenvalue weighted by Crippen LogP contribution is 2.15. The Morgan fingerprint density at radius 2 is 0.547 bits per heavy atom. The fourth-order valence-electron chi connectivity index (χ4n) is 8.05. The third kappa shape index (κ3) is 60.3. The molecule has 0 aromatic heterocycles. The molecule has 0 aromatic rings. The molecule has 0 saturated heterocycles. The molecule has 0 aliphatic rings. The van der Waals surface area contributed by atoms with Gasteiger partial charge >= 0.3 is 17.9 Å². The molecule has 1 atom stereocenters. The Kier molecular flexibility index (Phi) is 58.4. The van der Waals surface area contributed by atoms with Crippen molar-refractivity contribution in [2.24, 2.45) is 0 Å². The number of allylic oxidation sites excluding steroid dienone is 22. The summed E-state index contributed by atoms with van der Waals surface area (Å²) in [6, 6.07) is 0. The molecular formula is C69H112O6. The zero-order chi connectivity index (χ0) is 54.3. The van der Waals surface area contributed by atoms with E-state index in [9.17, 15) is 14.4 Å². The fraction of sp³-hybridized carbons (Fsp3) is 0.638. The van der Waals surface area contributed by atoms with Crippen molar-refractivity contribution in [3.8, 4) is 0 Å². The first-order valence-electron chi connectivity index (χ1n) is 30.7. The quantitative estimate of drug-likeness (QED) is 0.0261. The van der Waals surface area contributed by atoms with Gasteiger partial charge in [0.1, 0.15) is 13.2 Å².